The SMILES string of the molecule is COc1c([C@@H]2CCCN2[C@H]2CCOC2=O)c(C)nn1C. The predicted molar refractivity (Wildman–Crippen MR) is 72.5 cm³/mol. The molecule has 0 aliphatic carbocycles. The summed E-state index contributed by atoms with van der Waals surface area (Å²) in [4.78, 5) is 14.1. The van der Waals surface area contributed by atoms with E-state index in [4.69, 9.17) is 9.47 Å². The van der Waals surface area contributed by atoms with Crippen LogP contribution in [0.2, 0.25) is 0 Å². The third kappa shape index (κ3) is 1.98. The smallest absolute Gasteiger partial charge is 0.323 e. The lowest BCUT2D eigenvalue weighted by Gasteiger charge is -2.28. The molecule has 3 rings (SSSR count). The molecule has 3 heterocycles. The van der Waals surface area contributed by atoms with Crippen LogP contribution in [-0.2, 0) is 16.6 Å². The first-order chi connectivity index (χ1) is 9.63. The maximum absolute atomic E-state index is 11.9. The zero-order chi connectivity index (χ0) is 14.3. The van der Waals surface area contributed by atoms with Crippen molar-refractivity contribution in [2.24, 2.45) is 7.05 Å². The van der Waals surface area contributed by atoms with Crippen LogP contribution in [0, 0.1) is 6.92 Å². The van der Waals surface area contributed by atoms with E-state index < -0.39 is 0 Å². The molecule has 110 valence electrons. The van der Waals surface area contributed by atoms with E-state index >= 15 is 0 Å². The largest absolute Gasteiger partial charge is 0.481 e. The van der Waals surface area contributed by atoms with Gasteiger partial charge in [0.1, 0.15) is 6.04 Å². The molecule has 0 amide bonds. The summed E-state index contributed by atoms with van der Waals surface area (Å²) < 4.78 is 12.4. The van der Waals surface area contributed by atoms with Crippen molar-refractivity contribution in [3.05, 3.63) is 11.3 Å². The van der Waals surface area contributed by atoms with E-state index in [2.05, 4.69) is 10.00 Å². The average Bonchev–Trinajstić information content (AvgIpc) is 3.08. The molecular weight excluding hydrogens is 258 g/mol. The van der Waals surface area contributed by atoms with Gasteiger partial charge >= 0.3 is 5.97 Å². The first-order valence-corrected chi connectivity index (χ1v) is 7.13. The Kier molecular flexibility index (Phi) is 3.41. The molecule has 0 unspecified atom stereocenters. The third-order valence-corrected chi connectivity index (χ3v) is 4.34. The highest BCUT2D eigenvalue weighted by atomic mass is 16.5. The summed E-state index contributed by atoms with van der Waals surface area (Å²) in [6.45, 7) is 3.47. The molecule has 6 nitrogen and oxygen atoms in total. The summed E-state index contributed by atoms with van der Waals surface area (Å²) in [5, 5.41) is 4.46. The minimum atomic E-state index is -0.105. The molecule has 2 aliphatic heterocycles. The van der Waals surface area contributed by atoms with Gasteiger partial charge in [0, 0.05) is 19.5 Å². The van der Waals surface area contributed by atoms with Crippen molar-refractivity contribution in [3.63, 3.8) is 0 Å². The number of likely N-dealkylation sites (tertiary alicyclic amines) is 1. The Morgan fingerprint density at radius 2 is 2.15 bits per heavy atom. The van der Waals surface area contributed by atoms with Crippen molar-refractivity contribution in [1.82, 2.24) is 14.7 Å². The van der Waals surface area contributed by atoms with Gasteiger partial charge in [0.2, 0.25) is 5.88 Å². The zero-order valence-electron chi connectivity index (χ0n) is 12.3. The van der Waals surface area contributed by atoms with E-state index in [1.807, 2.05) is 14.0 Å². The highest BCUT2D eigenvalue weighted by Crippen LogP contribution is 2.41. The van der Waals surface area contributed by atoms with Gasteiger partial charge in [-0.15, -0.1) is 0 Å². The van der Waals surface area contributed by atoms with Gasteiger partial charge in [-0.05, 0) is 26.3 Å². The Bertz CT molecular complexity index is 526. The number of aromatic nitrogens is 2. The second kappa shape index (κ2) is 5.09. The number of rotatable bonds is 3. The van der Waals surface area contributed by atoms with Crippen molar-refractivity contribution in [2.45, 2.75) is 38.3 Å². The molecule has 20 heavy (non-hydrogen) atoms. The first-order valence-electron chi connectivity index (χ1n) is 7.13. The molecule has 0 aromatic carbocycles. The standard InChI is InChI=1S/C14H21N3O3/c1-9-12(13(19-3)16(2)15-9)10-5-4-7-17(10)11-6-8-20-14(11)18/h10-11H,4-8H2,1-3H3/t10-,11-/m0/s1. The number of hydrogen-bond acceptors (Lipinski definition) is 5. The van der Waals surface area contributed by atoms with E-state index in [-0.39, 0.29) is 18.1 Å². The maximum atomic E-state index is 11.9. The number of nitrogens with zero attached hydrogens (tertiary/aromatic N) is 3. The third-order valence-electron chi connectivity index (χ3n) is 4.34. The van der Waals surface area contributed by atoms with Crippen LogP contribution < -0.4 is 4.74 Å². The van der Waals surface area contributed by atoms with Gasteiger partial charge in [-0.3, -0.25) is 9.69 Å². The number of aryl methyl sites for hydroxylation is 2. The molecule has 0 bridgehead atoms. The lowest BCUT2D eigenvalue weighted by atomic mass is 10.0. The van der Waals surface area contributed by atoms with Crippen molar-refractivity contribution >= 4 is 5.97 Å². The minimum Gasteiger partial charge on any atom is -0.481 e. The molecule has 1 aromatic heterocycles. The van der Waals surface area contributed by atoms with Crippen LogP contribution in [0.4, 0.5) is 0 Å². The number of carbonyl (C=O) groups is 1. The molecule has 6 heteroatoms. The Morgan fingerprint density at radius 3 is 2.80 bits per heavy atom. The highest BCUT2D eigenvalue weighted by Gasteiger charge is 2.41. The Morgan fingerprint density at radius 1 is 1.35 bits per heavy atom. The van der Waals surface area contributed by atoms with E-state index in [1.54, 1.807) is 11.8 Å². The quantitative estimate of drug-likeness (QED) is 0.778. The minimum absolute atomic E-state index is 0.0857. The fourth-order valence-corrected chi connectivity index (χ4v) is 3.54. The summed E-state index contributed by atoms with van der Waals surface area (Å²) in [6, 6.07) is 0.0983. The van der Waals surface area contributed by atoms with Gasteiger partial charge in [-0.2, -0.15) is 5.10 Å². The van der Waals surface area contributed by atoms with E-state index in [0.717, 1.165) is 42.9 Å². The normalized spacial score (nSPS) is 27.1. The summed E-state index contributed by atoms with van der Waals surface area (Å²) in [6.07, 6.45) is 2.91. The second-order valence-corrected chi connectivity index (χ2v) is 5.50. The van der Waals surface area contributed by atoms with Gasteiger partial charge < -0.3 is 9.47 Å². The summed E-state index contributed by atoms with van der Waals surface area (Å²) in [5.41, 5.74) is 2.10. The lowest BCUT2D eigenvalue weighted by molar-refractivity contribution is -0.142. The van der Waals surface area contributed by atoms with Crippen LogP contribution in [0.5, 0.6) is 5.88 Å². The number of esters is 1. The molecule has 1 aromatic rings. The molecule has 0 spiro atoms. The molecule has 2 atom stereocenters. The van der Waals surface area contributed by atoms with Crippen LogP contribution in [0.25, 0.3) is 0 Å². The van der Waals surface area contributed by atoms with Crippen LogP contribution in [0.3, 0.4) is 0 Å². The van der Waals surface area contributed by atoms with Gasteiger partial charge in [0.15, 0.2) is 0 Å². The Labute approximate surface area is 118 Å². The number of hydrogen-bond donors (Lipinski definition) is 0. The topological polar surface area (TPSA) is 56.6 Å². The monoisotopic (exact) mass is 279 g/mol. The predicted octanol–water partition coefficient (Wildman–Crippen LogP) is 1.19. The van der Waals surface area contributed by atoms with Crippen LogP contribution in [-0.4, -0.2) is 47.0 Å². The maximum Gasteiger partial charge on any atom is 0.323 e. The summed E-state index contributed by atoms with van der Waals surface area (Å²) >= 11 is 0. The first kappa shape index (κ1) is 13.4. The van der Waals surface area contributed by atoms with Crippen molar-refractivity contribution in [2.75, 3.05) is 20.3 Å². The molecule has 0 saturated carbocycles. The van der Waals surface area contributed by atoms with Crippen molar-refractivity contribution in [3.8, 4) is 5.88 Å². The van der Waals surface area contributed by atoms with E-state index in [9.17, 15) is 4.79 Å². The number of ether oxygens (including phenoxy) is 2. The molecular formula is C14H21N3O3. The summed E-state index contributed by atoms with van der Waals surface area (Å²) in [7, 11) is 3.56. The van der Waals surface area contributed by atoms with E-state index in [1.165, 1.54) is 0 Å². The molecule has 2 saturated heterocycles. The second-order valence-electron chi connectivity index (χ2n) is 5.50. The Balaban J connectivity index is 1.94. The average molecular weight is 279 g/mol. The highest BCUT2D eigenvalue weighted by molar-refractivity contribution is 5.77. The van der Waals surface area contributed by atoms with Crippen molar-refractivity contribution < 1.29 is 14.3 Å². The van der Waals surface area contributed by atoms with Crippen LogP contribution in [0.15, 0.2) is 0 Å². The molecule has 2 aliphatic rings. The van der Waals surface area contributed by atoms with Gasteiger partial charge in [-0.1, -0.05) is 0 Å². The van der Waals surface area contributed by atoms with Crippen LogP contribution in [0.1, 0.15) is 36.6 Å². The lowest BCUT2D eigenvalue weighted by Crippen LogP contribution is -2.38. The van der Waals surface area contributed by atoms with Gasteiger partial charge in [0.25, 0.3) is 0 Å². The number of cyclic esters (lactones) is 1. The fraction of sp³-hybridized carbons (Fsp3) is 0.714. The van der Waals surface area contributed by atoms with Gasteiger partial charge in [-0.25, -0.2) is 4.68 Å². The zero-order valence-corrected chi connectivity index (χ0v) is 12.3. The molecule has 0 N–H and O–H groups in total. The van der Waals surface area contributed by atoms with Gasteiger partial charge in [0.05, 0.1) is 25.0 Å². The fourth-order valence-electron chi connectivity index (χ4n) is 3.54. The summed E-state index contributed by atoms with van der Waals surface area (Å²) in [5.74, 6) is 0.711. The van der Waals surface area contributed by atoms with Crippen molar-refractivity contribution in [1.29, 1.82) is 0 Å². The van der Waals surface area contributed by atoms with Crippen LogP contribution >= 0.6 is 0 Å². The molecule has 2 fully saturated rings. The van der Waals surface area contributed by atoms with E-state index in [0.29, 0.717) is 6.61 Å². The molecule has 0 radical (unpaired) electrons. The Hall–Kier alpha value is -1.56. The number of methoxy groups -OCH3 is 1. The number of carbonyl (C=O) groups excluding carboxylic acids is 1.